The van der Waals surface area contributed by atoms with Crippen LogP contribution in [0.5, 0.6) is 0 Å². The third kappa shape index (κ3) is 2.42. The fourth-order valence-corrected chi connectivity index (χ4v) is 2.74. The summed E-state index contributed by atoms with van der Waals surface area (Å²) >= 11 is 0. The van der Waals surface area contributed by atoms with E-state index in [9.17, 15) is 4.79 Å². The topological polar surface area (TPSA) is 102 Å². The maximum atomic E-state index is 11.9. The van der Waals surface area contributed by atoms with Gasteiger partial charge < -0.3 is 11.1 Å². The van der Waals surface area contributed by atoms with Crippen molar-refractivity contribution in [3.8, 4) is 0 Å². The number of carbonyl (C=O) groups is 1. The summed E-state index contributed by atoms with van der Waals surface area (Å²) in [7, 11) is 1.82. The number of rotatable bonds is 3. The molecule has 0 aliphatic carbocycles. The van der Waals surface area contributed by atoms with Gasteiger partial charge in [-0.05, 0) is 6.42 Å². The summed E-state index contributed by atoms with van der Waals surface area (Å²) in [6.07, 6.45) is 2.42. The van der Waals surface area contributed by atoms with Crippen LogP contribution >= 0.6 is 0 Å². The summed E-state index contributed by atoms with van der Waals surface area (Å²) in [5.41, 5.74) is 6.68. The van der Waals surface area contributed by atoms with E-state index in [0.29, 0.717) is 30.4 Å². The number of carbonyl (C=O) groups excluding carboxylic acids is 1. The van der Waals surface area contributed by atoms with Crippen LogP contribution in [0.1, 0.15) is 19.2 Å². The summed E-state index contributed by atoms with van der Waals surface area (Å²) in [4.78, 5) is 22.8. The van der Waals surface area contributed by atoms with E-state index in [2.05, 4.69) is 25.3 Å². The number of fused-ring (bicyclic) bond motifs is 1. The molecule has 0 saturated carbocycles. The van der Waals surface area contributed by atoms with Gasteiger partial charge in [0, 0.05) is 20.1 Å². The highest BCUT2D eigenvalue weighted by atomic mass is 16.2. The van der Waals surface area contributed by atoms with E-state index in [0.717, 1.165) is 18.4 Å². The number of aryl methyl sites for hydroxylation is 1. The van der Waals surface area contributed by atoms with Gasteiger partial charge in [0.05, 0.1) is 24.2 Å². The first-order valence-corrected chi connectivity index (χ1v) is 7.06. The average Bonchev–Trinajstić information content (AvgIpc) is 2.81. The van der Waals surface area contributed by atoms with E-state index < -0.39 is 0 Å². The van der Waals surface area contributed by atoms with Crippen LogP contribution in [0.2, 0.25) is 0 Å². The second-order valence-corrected chi connectivity index (χ2v) is 5.22. The normalized spacial score (nSPS) is 19.9. The van der Waals surface area contributed by atoms with Crippen molar-refractivity contribution in [2.45, 2.75) is 25.9 Å². The molecule has 0 spiro atoms. The molecular formula is C13H19N7O. The Morgan fingerprint density at radius 1 is 1.48 bits per heavy atom. The van der Waals surface area contributed by atoms with E-state index in [1.54, 1.807) is 10.9 Å². The number of nitrogens with two attached hydrogens (primary N) is 1. The molecule has 0 radical (unpaired) electrons. The van der Waals surface area contributed by atoms with Crippen molar-refractivity contribution in [3.63, 3.8) is 0 Å². The van der Waals surface area contributed by atoms with E-state index in [4.69, 9.17) is 5.73 Å². The lowest BCUT2D eigenvalue weighted by molar-refractivity contribution is -0.129. The first kappa shape index (κ1) is 13.7. The predicted molar refractivity (Wildman–Crippen MR) is 78.2 cm³/mol. The molecule has 3 rings (SSSR count). The highest BCUT2D eigenvalue weighted by Gasteiger charge is 2.28. The molecule has 2 aromatic rings. The van der Waals surface area contributed by atoms with Gasteiger partial charge in [0.2, 0.25) is 5.91 Å². The molecule has 0 bridgehead atoms. The molecule has 1 amide bonds. The van der Waals surface area contributed by atoms with Gasteiger partial charge in [-0.2, -0.15) is 5.10 Å². The smallest absolute Gasteiger partial charge is 0.237 e. The molecule has 8 heteroatoms. The highest BCUT2D eigenvalue weighted by molar-refractivity contribution is 5.85. The SMILES string of the molecule is CCC1C(=O)NCCN1Cc1nc(N)c2cnn(C)c2n1. The van der Waals surface area contributed by atoms with Crippen molar-refractivity contribution in [1.82, 2.24) is 30.0 Å². The Morgan fingerprint density at radius 3 is 3.05 bits per heavy atom. The van der Waals surface area contributed by atoms with Crippen molar-refractivity contribution < 1.29 is 4.79 Å². The zero-order chi connectivity index (χ0) is 15.0. The van der Waals surface area contributed by atoms with Crippen LogP contribution in [-0.2, 0) is 18.4 Å². The molecule has 1 aliphatic rings. The summed E-state index contributed by atoms with van der Waals surface area (Å²) in [5.74, 6) is 1.12. The van der Waals surface area contributed by atoms with Gasteiger partial charge in [0.15, 0.2) is 5.65 Å². The largest absolute Gasteiger partial charge is 0.383 e. The number of nitrogens with one attached hydrogen (secondary N) is 1. The Bertz CT molecular complexity index is 680. The van der Waals surface area contributed by atoms with Crippen molar-refractivity contribution in [3.05, 3.63) is 12.0 Å². The van der Waals surface area contributed by atoms with Crippen molar-refractivity contribution >= 4 is 22.8 Å². The Morgan fingerprint density at radius 2 is 2.29 bits per heavy atom. The van der Waals surface area contributed by atoms with Crippen LogP contribution in [0.4, 0.5) is 5.82 Å². The Balaban J connectivity index is 1.90. The van der Waals surface area contributed by atoms with Gasteiger partial charge in [-0.1, -0.05) is 6.92 Å². The number of nitrogens with zero attached hydrogens (tertiary/aromatic N) is 5. The van der Waals surface area contributed by atoms with Gasteiger partial charge in [0.1, 0.15) is 11.6 Å². The van der Waals surface area contributed by atoms with Crippen LogP contribution in [-0.4, -0.2) is 49.7 Å². The van der Waals surface area contributed by atoms with Crippen LogP contribution < -0.4 is 11.1 Å². The summed E-state index contributed by atoms with van der Waals surface area (Å²) in [6.45, 7) is 3.95. The second kappa shape index (κ2) is 5.28. The molecule has 2 aromatic heterocycles. The molecule has 3 heterocycles. The molecule has 1 aliphatic heterocycles. The number of piperazine rings is 1. The van der Waals surface area contributed by atoms with Crippen LogP contribution in [0.3, 0.4) is 0 Å². The lowest BCUT2D eigenvalue weighted by atomic mass is 10.1. The van der Waals surface area contributed by atoms with Gasteiger partial charge in [-0.15, -0.1) is 0 Å². The number of nitrogen functional groups attached to an aromatic ring is 1. The maximum absolute atomic E-state index is 11.9. The average molecular weight is 289 g/mol. The van der Waals surface area contributed by atoms with Gasteiger partial charge in [0.25, 0.3) is 0 Å². The number of anilines is 1. The number of amides is 1. The fraction of sp³-hybridized carbons (Fsp3) is 0.538. The quantitative estimate of drug-likeness (QED) is 0.801. The number of hydrogen-bond acceptors (Lipinski definition) is 6. The minimum absolute atomic E-state index is 0.0679. The van der Waals surface area contributed by atoms with Crippen LogP contribution in [0, 0.1) is 0 Å². The minimum atomic E-state index is -0.134. The van der Waals surface area contributed by atoms with E-state index >= 15 is 0 Å². The highest BCUT2D eigenvalue weighted by Crippen LogP contribution is 2.18. The van der Waals surface area contributed by atoms with Gasteiger partial charge in [-0.3, -0.25) is 14.4 Å². The molecule has 0 aromatic carbocycles. The van der Waals surface area contributed by atoms with Crippen molar-refractivity contribution in [2.75, 3.05) is 18.8 Å². The second-order valence-electron chi connectivity index (χ2n) is 5.22. The van der Waals surface area contributed by atoms with E-state index in [1.807, 2.05) is 14.0 Å². The molecule has 1 saturated heterocycles. The lowest BCUT2D eigenvalue weighted by Crippen LogP contribution is -2.54. The zero-order valence-electron chi connectivity index (χ0n) is 12.2. The zero-order valence-corrected chi connectivity index (χ0v) is 12.2. The maximum Gasteiger partial charge on any atom is 0.237 e. The number of hydrogen-bond donors (Lipinski definition) is 2. The molecule has 1 fully saturated rings. The molecule has 3 N–H and O–H groups in total. The first-order chi connectivity index (χ1) is 10.1. The molecule has 112 valence electrons. The molecule has 8 nitrogen and oxygen atoms in total. The monoisotopic (exact) mass is 289 g/mol. The lowest BCUT2D eigenvalue weighted by Gasteiger charge is -2.33. The molecule has 21 heavy (non-hydrogen) atoms. The van der Waals surface area contributed by atoms with Crippen LogP contribution in [0.25, 0.3) is 11.0 Å². The Labute approximate surface area is 122 Å². The van der Waals surface area contributed by atoms with Crippen LogP contribution in [0.15, 0.2) is 6.20 Å². The standard InChI is InChI=1S/C13H19N7O/c1-3-9-13(21)15-4-5-20(9)7-10-17-11(14)8-6-16-19(2)12(8)18-10/h6,9H,3-5,7H2,1-2H3,(H,15,21)(H2,14,17,18). The van der Waals surface area contributed by atoms with Crippen molar-refractivity contribution in [1.29, 1.82) is 0 Å². The third-order valence-corrected chi connectivity index (χ3v) is 3.84. The van der Waals surface area contributed by atoms with Crippen molar-refractivity contribution in [2.24, 2.45) is 7.05 Å². The summed E-state index contributed by atoms with van der Waals surface area (Å²) < 4.78 is 1.68. The fourth-order valence-electron chi connectivity index (χ4n) is 2.74. The first-order valence-electron chi connectivity index (χ1n) is 7.06. The molecule has 1 atom stereocenters. The summed E-state index contributed by atoms with van der Waals surface area (Å²) in [5, 5.41) is 7.78. The summed E-state index contributed by atoms with van der Waals surface area (Å²) in [6, 6.07) is -0.134. The minimum Gasteiger partial charge on any atom is -0.383 e. The van der Waals surface area contributed by atoms with Gasteiger partial charge >= 0.3 is 0 Å². The molecule has 1 unspecified atom stereocenters. The Hall–Kier alpha value is -2.22. The third-order valence-electron chi connectivity index (χ3n) is 3.84. The van der Waals surface area contributed by atoms with E-state index in [1.165, 1.54) is 0 Å². The van der Waals surface area contributed by atoms with E-state index in [-0.39, 0.29) is 11.9 Å². The number of aromatic nitrogens is 4. The Kier molecular flexibility index (Phi) is 3.46. The predicted octanol–water partition coefficient (Wildman–Crippen LogP) is -0.344. The molecular weight excluding hydrogens is 270 g/mol. The van der Waals surface area contributed by atoms with Gasteiger partial charge in [-0.25, -0.2) is 9.97 Å².